The summed E-state index contributed by atoms with van der Waals surface area (Å²) in [7, 11) is 0. The van der Waals surface area contributed by atoms with Crippen molar-refractivity contribution in [2.24, 2.45) is 5.73 Å². The van der Waals surface area contributed by atoms with Crippen molar-refractivity contribution in [3.05, 3.63) is 29.6 Å². The maximum atomic E-state index is 13.6. The van der Waals surface area contributed by atoms with Crippen LogP contribution in [-0.2, 0) is 6.54 Å². The zero-order valence-corrected chi connectivity index (χ0v) is 9.17. The van der Waals surface area contributed by atoms with Gasteiger partial charge in [-0.1, -0.05) is 0 Å². The van der Waals surface area contributed by atoms with Gasteiger partial charge in [0.05, 0.1) is 11.6 Å². The highest BCUT2D eigenvalue weighted by Crippen LogP contribution is 2.23. The Balaban J connectivity index is 2.84. The molecule has 0 amide bonds. The molecule has 0 aliphatic heterocycles. The summed E-state index contributed by atoms with van der Waals surface area (Å²) in [6.07, 6.45) is 0. The van der Waals surface area contributed by atoms with Crippen molar-refractivity contribution in [2.75, 3.05) is 0 Å². The molecule has 0 spiro atoms. The van der Waals surface area contributed by atoms with Crippen molar-refractivity contribution in [3.63, 3.8) is 0 Å². The fourth-order valence-electron chi connectivity index (χ4n) is 1.84. The molecule has 0 saturated carbocycles. The van der Waals surface area contributed by atoms with Crippen molar-refractivity contribution in [1.29, 1.82) is 0 Å². The summed E-state index contributed by atoms with van der Waals surface area (Å²) in [5, 5.41) is 0. The Morgan fingerprint density at radius 3 is 2.69 bits per heavy atom. The lowest BCUT2D eigenvalue weighted by Gasteiger charge is -2.08. The van der Waals surface area contributed by atoms with Gasteiger partial charge >= 0.3 is 0 Å². The molecular weight excluding hydrogens is 212 g/mol. The van der Waals surface area contributed by atoms with Crippen LogP contribution in [0.3, 0.4) is 0 Å². The van der Waals surface area contributed by atoms with E-state index in [1.165, 1.54) is 6.07 Å². The van der Waals surface area contributed by atoms with E-state index in [1.54, 1.807) is 11.5 Å². The van der Waals surface area contributed by atoms with E-state index in [0.717, 1.165) is 6.07 Å². The second-order valence-electron chi connectivity index (χ2n) is 3.73. The maximum Gasteiger partial charge on any atom is 0.184 e. The van der Waals surface area contributed by atoms with E-state index < -0.39 is 11.6 Å². The Hall–Kier alpha value is -1.49. The molecular formula is C11H13F2N3. The first-order valence-electron chi connectivity index (χ1n) is 5.16. The first-order chi connectivity index (χ1) is 7.56. The molecule has 0 radical (unpaired) electrons. The lowest BCUT2D eigenvalue weighted by Crippen LogP contribution is -2.13. The molecule has 1 heterocycles. The van der Waals surface area contributed by atoms with Gasteiger partial charge in [-0.25, -0.2) is 13.8 Å². The molecule has 2 N–H and O–H groups in total. The van der Waals surface area contributed by atoms with Crippen LogP contribution in [0.5, 0.6) is 0 Å². The van der Waals surface area contributed by atoms with Gasteiger partial charge in [0.2, 0.25) is 0 Å². The number of hydrogen-bond acceptors (Lipinski definition) is 2. The number of halogens is 2. The van der Waals surface area contributed by atoms with Crippen LogP contribution in [0.15, 0.2) is 12.1 Å². The van der Waals surface area contributed by atoms with Crippen LogP contribution in [0.2, 0.25) is 0 Å². The third kappa shape index (κ3) is 1.48. The molecule has 0 fully saturated rings. The van der Waals surface area contributed by atoms with Gasteiger partial charge in [-0.3, -0.25) is 0 Å². The lowest BCUT2D eigenvalue weighted by molar-refractivity contribution is 0.510. The van der Waals surface area contributed by atoms with Crippen molar-refractivity contribution in [1.82, 2.24) is 9.55 Å². The van der Waals surface area contributed by atoms with E-state index in [9.17, 15) is 8.78 Å². The molecule has 1 aromatic heterocycles. The van der Waals surface area contributed by atoms with Crippen molar-refractivity contribution in [3.8, 4) is 0 Å². The average Bonchev–Trinajstić information content (AvgIpc) is 2.62. The van der Waals surface area contributed by atoms with Gasteiger partial charge in [-0.15, -0.1) is 0 Å². The molecule has 86 valence electrons. The predicted molar refractivity (Wildman–Crippen MR) is 57.9 cm³/mol. The molecule has 1 atom stereocenters. The summed E-state index contributed by atoms with van der Waals surface area (Å²) >= 11 is 0. The minimum atomic E-state index is -0.863. The fourth-order valence-corrected chi connectivity index (χ4v) is 1.84. The maximum absolute atomic E-state index is 13.6. The van der Waals surface area contributed by atoms with E-state index in [1.807, 2.05) is 6.92 Å². The van der Waals surface area contributed by atoms with E-state index in [0.29, 0.717) is 17.9 Å². The van der Waals surface area contributed by atoms with Gasteiger partial charge in [0.1, 0.15) is 11.3 Å². The Morgan fingerprint density at radius 1 is 1.44 bits per heavy atom. The molecule has 0 saturated heterocycles. The minimum Gasteiger partial charge on any atom is -0.324 e. The first kappa shape index (κ1) is 11.0. The SMILES string of the molecule is CCn1c([C@@H](C)N)nc2ccc(F)c(F)c21. The van der Waals surface area contributed by atoms with Crippen LogP contribution < -0.4 is 5.73 Å². The quantitative estimate of drug-likeness (QED) is 0.852. The highest BCUT2D eigenvalue weighted by Gasteiger charge is 2.18. The smallest absolute Gasteiger partial charge is 0.184 e. The van der Waals surface area contributed by atoms with E-state index in [-0.39, 0.29) is 11.6 Å². The number of hydrogen-bond donors (Lipinski definition) is 1. The zero-order valence-electron chi connectivity index (χ0n) is 9.17. The number of aryl methyl sites for hydroxylation is 1. The normalized spacial score (nSPS) is 13.3. The lowest BCUT2D eigenvalue weighted by atomic mass is 10.3. The summed E-state index contributed by atoms with van der Waals surface area (Å²) in [4.78, 5) is 4.22. The van der Waals surface area contributed by atoms with Crippen LogP contribution >= 0.6 is 0 Å². The standard InChI is InChI=1S/C11H13F2N3/c1-3-16-10-8(15-11(16)6(2)14)5-4-7(12)9(10)13/h4-6H,3,14H2,1-2H3/t6-/m1/s1. The molecule has 3 nitrogen and oxygen atoms in total. The Bertz CT molecular complexity index is 531. The van der Waals surface area contributed by atoms with E-state index in [4.69, 9.17) is 5.73 Å². The van der Waals surface area contributed by atoms with Crippen molar-refractivity contribution < 1.29 is 8.78 Å². The monoisotopic (exact) mass is 225 g/mol. The summed E-state index contributed by atoms with van der Waals surface area (Å²) < 4.78 is 28.4. The van der Waals surface area contributed by atoms with Gasteiger partial charge in [0.25, 0.3) is 0 Å². The van der Waals surface area contributed by atoms with Gasteiger partial charge in [-0.05, 0) is 26.0 Å². The number of aromatic nitrogens is 2. The molecule has 0 unspecified atom stereocenters. The molecule has 0 aliphatic carbocycles. The van der Waals surface area contributed by atoms with E-state index in [2.05, 4.69) is 4.98 Å². The van der Waals surface area contributed by atoms with Crippen LogP contribution in [0.25, 0.3) is 11.0 Å². The predicted octanol–water partition coefficient (Wildman–Crippen LogP) is 2.35. The zero-order chi connectivity index (χ0) is 11.9. The number of rotatable bonds is 2. The summed E-state index contributed by atoms with van der Waals surface area (Å²) in [6, 6.07) is 2.23. The summed E-state index contributed by atoms with van der Waals surface area (Å²) in [5.74, 6) is -1.15. The number of imidazole rings is 1. The molecule has 5 heteroatoms. The largest absolute Gasteiger partial charge is 0.324 e. The third-order valence-electron chi connectivity index (χ3n) is 2.55. The minimum absolute atomic E-state index is 0.190. The van der Waals surface area contributed by atoms with Gasteiger partial charge in [0, 0.05) is 6.54 Å². The topological polar surface area (TPSA) is 43.8 Å². The van der Waals surface area contributed by atoms with E-state index >= 15 is 0 Å². The van der Waals surface area contributed by atoms with Crippen LogP contribution in [0, 0.1) is 11.6 Å². The Kier molecular flexibility index (Phi) is 2.63. The second-order valence-corrected chi connectivity index (χ2v) is 3.73. The Labute approximate surface area is 91.9 Å². The molecule has 1 aromatic carbocycles. The summed E-state index contributed by atoms with van der Waals surface area (Å²) in [5.41, 5.74) is 6.37. The summed E-state index contributed by atoms with van der Waals surface area (Å²) in [6.45, 7) is 4.12. The van der Waals surface area contributed by atoms with Crippen molar-refractivity contribution in [2.45, 2.75) is 26.4 Å². The van der Waals surface area contributed by atoms with Crippen LogP contribution in [-0.4, -0.2) is 9.55 Å². The molecule has 0 bridgehead atoms. The van der Waals surface area contributed by atoms with Crippen LogP contribution in [0.4, 0.5) is 8.78 Å². The van der Waals surface area contributed by atoms with Gasteiger partial charge in [-0.2, -0.15) is 0 Å². The third-order valence-corrected chi connectivity index (χ3v) is 2.55. The average molecular weight is 225 g/mol. The number of benzene rings is 1. The molecule has 16 heavy (non-hydrogen) atoms. The first-order valence-corrected chi connectivity index (χ1v) is 5.16. The van der Waals surface area contributed by atoms with Gasteiger partial charge < -0.3 is 10.3 Å². The number of nitrogens with zero attached hydrogens (tertiary/aromatic N) is 2. The highest BCUT2D eigenvalue weighted by atomic mass is 19.2. The second kappa shape index (κ2) is 3.83. The molecule has 2 aromatic rings. The number of fused-ring (bicyclic) bond motifs is 1. The number of nitrogens with two attached hydrogens (primary N) is 1. The molecule has 0 aliphatic rings. The van der Waals surface area contributed by atoms with Crippen molar-refractivity contribution >= 4 is 11.0 Å². The Morgan fingerprint density at radius 2 is 2.12 bits per heavy atom. The fraction of sp³-hybridized carbons (Fsp3) is 0.364. The highest BCUT2D eigenvalue weighted by molar-refractivity contribution is 5.77. The van der Waals surface area contributed by atoms with Crippen LogP contribution in [0.1, 0.15) is 25.7 Å². The molecule has 2 rings (SSSR count). The van der Waals surface area contributed by atoms with Gasteiger partial charge in [0.15, 0.2) is 11.6 Å².